The maximum absolute atomic E-state index is 13.4. The first-order valence-electron chi connectivity index (χ1n) is 8.28. The van der Waals surface area contributed by atoms with Crippen molar-refractivity contribution in [1.29, 1.82) is 0 Å². The molecule has 0 atom stereocenters. The van der Waals surface area contributed by atoms with E-state index in [0.717, 1.165) is 29.2 Å². The molecule has 2 rings (SSSR count). The highest BCUT2D eigenvalue weighted by atomic mass is 19.4. The smallest absolute Gasteiger partial charge is 0.416 e. The molecular weight excluding hydrogens is 404 g/mol. The van der Waals surface area contributed by atoms with Crippen LogP contribution >= 0.6 is 0 Å². The zero-order valence-electron chi connectivity index (χ0n) is 15.0. The summed E-state index contributed by atoms with van der Waals surface area (Å²) in [7, 11) is 0. The van der Waals surface area contributed by atoms with E-state index in [1.807, 2.05) is 0 Å². The molecule has 2 aromatic rings. The number of hydrogen-bond donors (Lipinski definition) is 0. The number of nitrogens with zero attached hydrogens (tertiary/aromatic N) is 1. The summed E-state index contributed by atoms with van der Waals surface area (Å²) >= 11 is 0. The van der Waals surface area contributed by atoms with Crippen LogP contribution in [0, 0.1) is 17.5 Å². The van der Waals surface area contributed by atoms with Crippen LogP contribution in [-0.4, -0.2) is 29.9 Å². The molecule has 0 saturated carbocycles. The van der Waals surface area contributed by atoms with Crippen molar-refractivity contribution in [2.45, 2.75) is 19.6 Å². The van der Waals surface area contributed by atoms with E-state index >= 15 is 0 Å². The van der Waals surface area contributed by atoms with Crippen LogP contribution < -0.4 is 0 Å². The highest BCUT2D eigenvalue weighted by Gasteiger charge is 2.30. The first-order valence-corrected chi connectivity index (χ1v) is 8.28. The fraction of sp³-hybridized carbons (Fsp3) is 0.263. The van der Waals surface area contributed by atoms with Gasteiger partial charge in [0.2, 0.25) is 0 Å². The van der Waals surface area contributed by atoms with Gasteiger partial charge in [-0.1, -0.05) is 12.1 Å². The zero-order chi connectivity index (χ0) is 21.8. The van der Waals surface area contributed by atoms with Gasteiger partial charge < -0.3 is 9.64 Å². The van der Waals surface area contributed by atoms with Crippen LogP contribution in [0.25, 0.3) is 0 Å². The molecule has 0 aliphatic heterocycles. The highest BCUT2D eigenvalue weighted by Crippen LogP contribution is 2.29. The Bertz CT molecular complexity index is 873. The molecule has 1 amide bonds. The lowest BCUT2D eigenvalue weighted by Crippen LogP contribution is -2.36. The Hall–Kier alpha value is -3.04. The monoisotopic (exact) mass is 419 g/mol. The van der Waals surface area contributed by atoms with E-state index in [1.54, 1.807) is 0 Å². The molecule has 0 N–H and O–H groups in total. The lowest BCUT2D eigenvalue weighted by Gasteiger charge is -2.22. The summed E-state index contributed by atoms with van der Waals surface area (Å²) in [6.07, 6.45) is -4.55. The molecule has 0 unspecified atom stereocenters. The minimum atomic E-state index is -4.55. The number of amides is 1. The number of benzene rings is 2. The first kappa shape index (κ1) is 22.3. The number of alkyl halides is 3. The Morgan fingerprint density at radius 1 is 1.00 bits per heavy atom. The van der Waals surface area contributed by atoms with Gasteiger partial charge in [-0.05, 0) is 36.8 Å². The van der Waals surface area contributed by atoms with Gasteiger partial charge in [-0.3, -0.25) is 9.59 Å². The first-order chi connectivity index (χ1) is 13.5. The molecule has 0 aliphatic carbocycles. The van der Waals surface area contributed by atoms with Crippen LogP contribution in [0.15, 0.2) is 36.4 Å². The summed E-state index contributed by atoms with van der Waals surface area (Å²) in [6, 6.07) is 4.71. The van der Waals surface area contributed by atoms with Crippen molar-refractivity contribution in [2.24, 2.45) is 0 Å². The molecule has 156 valence electrons. The Labute approximate surface area is 161 Å². The normalized spacial score (nSPS) is 11.3. The second-order valence-electron chi connectivity index (χ2n) is 5.91. The van der Waals surface area contributed by atoms with Gasteiger partial charge >= 0.3 is 12.1 Å². The third kappa shape index (κ3) is 5.72. The van der Waals surface area contributed by atoms with Crippen LogP contribution in [0.4, 0.5) is 26.3 Å². The van der Waals surface area contributed by atoms with E-state index in [1.165, 1.54) is 6.92 Å². The Morgan fingerprint density at radius 2 is 1.55 bits per heavy atom. The van der Waals surface area contributed by atoms with E-state index < -0.39 is 53.2 Å². The molecule has 10 heteroatoms. The van der Waals surface area contributed by atoms with E-state index in [0.29, 0.717) is 12.1 Å². The third-order valence-corrected chi connectivity index (χ3v) is 3.80. The van der Waals surface area contributed by atoms with Gasteiger partial charge in [0, 0.05) is 12.1 Å². The lowest BCUT2D eigenvalue weighted by atomic mass is 10.1. The van der Waals surface area contributed by atoms with Crippen molar-refractivity contribution < 1.29 is 40.7 Å². The average Bonchev–Trinajstić information content (AvgIpc) is 2.64. The number of hydrogen-bond acceptors (Lipinski definition) is 3. The molecule has 0 aromatic heterocycles. The van der Waals surface area contributed by atoms with Crippen LogP contribution in [-0.2, 0) is 22.3 Å². The van der Waals surface area contributed by atoms with Gasteiger partial charge in [-0.15, -0.1) is 0 Å². The van der Waals surface area contributed by atoms with Crippen molar-refractivity contribution >= 4 is 11.9 Å². The number of halogens is 6. The number of carbonyl (C=O) groups is 2. The van der Waals surface area contributed by atoms with Gasteiger partial charge in [0.15, 0.2) is 17.5 Å². The summed E-state index contributed by atoms with van der Waals surface area (Å²) in [5, 5.41) is 0. The molecule has 0 aliphatic rings. The van der Waals surface area contributed by atoms with Gasteiger partial charge in [0.1, 0.15) is 6.54 Å². The third-order valence-electron chi connectivity index (χ3n) is 3.80. The molecule has 0 fully saturated rings. The van der Waals surface area contributed by atoms with Gasteiger partial charge in [0.25, 0.3) is 5.91 Å². The minimum absolute atomic E-state index is 0.000940. The molecule has 0 radical (unpaired) electrons. The fourth-order valence-electron chi connectivity index (χ4n) is 2.44. The van der Waals surface area contributed by atoms with Crippen LogP contribution in [0.2, 0.25) is 0 Å². The molecule has 29 heavy (non-hydrogen) atoms. The van der Waals surface area contributed by atoms with Crippen molar-refractivity contribution in [3.63, 3.8) is 0 Å². The van der Waals surface area contributed by atoms with Crippen molar-refractivity contribution in [3.05, 3.63) is 70.5 Å². The zero-order valence-corrected chi connectivity index (χ0v) is 15.0. The maximum Gasteiger partial charge on any atom is 0.416 e. The number of carbonyl (C=O) groups excluding carboxylic acids is 2. The number of ether oxygens (including phenoxy) is 1. The SMILES string of the molecule is CCOC(=O)CN(Cc1ccc(C(F)(F)F)cc1)C(=O)c1cc(F)c(F)c(F)c1. The van der Waals surface area contributed by atoms with Crippen LogP contribution in [0.3, 0.4) is 0 Å². The quantitative estimate of drug-likeness (QED) is 0.398. The summed E-state index contributed by atoms with van der Waals surface area (Å²) in [5.74, 6) is -6.83. The van der Waals surface area contributed by atoms with Gasteiger partial charge in [0.05, 0.1) is 12.2 Å². The van der Waals surface area contributed by atoms with Crippen LogP contribution in [0.5, 0.6) is 0 Å². The summed E-state index contributed by atoms with van der Waals surface area (Å²) in [4.78, 5) is 25.2. The predicted molar refractivity (Wildman–Crippen MR) is 89.1 cm³/mol. The molecule has 2 aromatic carbocycles. The topological polar surface area (TPSA) is 46.6 Å². The molecule has 0 heterocycles. The Kier molecular flexibility index (Phi) is 6.89. The van der Waals surface area contributed by atoms with E-state index in [9.17, 15) is 35.9 Å². The Morgan fingerprint density at radius 3 is 2.03 bits per heavy atom. The largest absolute Gasteiger partial charge is 0.465 e. The average molecular weight is 419 g/mol. The highest BCUT2D eigenvalue weighted by molar-refractivity contribution is 5.96. The predicted octanol–water partition coefficient (Wildman–Crippen LogP) is 4.33. The second kappa shape index (κ2) is 8.97. The molecule has 0 spiro atoms. The molecule has 0 bridgehead atoms. The van der Waals surface area contributed by atoms with E-state index in [-0.39, 0.29) is 18.7 Å². The van der Waals surface area contributed by atoms with E-state index in [2.05, 4.69) is 0 Å². The molecule has 0 saturated heterocycles. The van der Waals surface area contributed by atoms with Crippen molar-refractivity contribution in [3.8, 4) is 0 Å². The maximum atomic E-state index is 13.4. The molecule has 4 nitrogen and oxygen atoms in total. The van der Waals surface area contributed by atoms with Gasteiger partial charge in [-0.25, -0.2) is 13.2 Å². The number of esters is 1. The lowest BCUT2D eigenvalue weighted by molar-refractivity contribution is -0.144. The number of rotatable bonds is 6. The second-order valence-corrected chi connectivity index (χ2v) is 5.91. The fourth-order valence-corrected chi connectivity index (χ4v) is 2.44. The van der Waals surface area contributed by atoms with Crippen LogP contribution in [0.1, 0.15) is 28.4 Å². The van der Waals surface area contributed by atoms with Crippen molar-refractivity contribution in [2.75, 3.05) is 13.2 Å². The van der Waals surface area contributed by atoms with E-state index in [4.69, 9.17) is 4.74 Å². The van der Waals surface area contributed by atoms with Gasteiger partial charge in [-0.2, -0.15) is 13.2 Å². The summed E-state index contributed by atoms with van der Waals surface area (Å²) < 4.78 is 82.8. The summed E-state index contributed by atoms with van der Waals surface area (Å²) in [6.45, 7) is 0.538. The van der Waals surface area contributed by atoms with Crippen molar-refractivity contribution in [1.82, 2.24) is 4.90 Å². The molecular formula is C19H15F6NO3. The Balaban J connectivity index is 2.31. The standard InChI is InChI=1S/C19H15F6NO3/c1-2-29-16(27)10-26(9-11-3-5-13(6-4-11)19(23,24)25)18(28)12-7-14(20)17(22)15(21)8-12/h3-8H,2,9-10H2,1H3. The minimum Gasteiger partial charge on any atom is -0.465 e. The summed E-state index contributed by atoms with van der Waals surface area (Å²) in [5.41, 5.74) is -1.26.